The van der Waals surface area contributed by atoms with E-state index in [1.807, 2.05) is 37.2 Å². The first kappa shape index (κ1) is 22.4. The number of rotatable bonds is 8. The van der Waals surface area contributed by atoms with Gasteiger partial charge in [0.05, 0.1) is 24.0 Å². The minimum atomic E-state index is -1.53. The zero-order valence-corrected chi connectivity index (χ0v) is 19.1. The van der Waals surface area contributed by atoms with Gasteiger partial charge in [0.1, 0.15) is 0 Å². The Bertz CT molecular complexity index is 1320. The highest BCUT2D eigenvalue weighted by atomic mass is 19.1. The van der Waals surface area contributed by atoms with Crippen molar-refractivity contribution in [2.75, 3.05) is 20.6 Å². The van der Waals surface area contributed by atoms with E-state index >= 15 is 4.39 Å². The van der Waals surface area contributed by atoms with Crippen LogP contribution in [0.3, 0.4) is 0 Å². The smallest absolute Gasteiger partial charge is 0.193 e. The summed E-state index contributed by atoms with van der Waals surface area (Å²) < 4.78 is 18.8. The van der Waals surface area contributed by atoms with Gasteiger partial charge in [-0.25, -0.2) is 4.39 Å². The van der Waals surface area contributed by atoms with E-state index in [-0.39, 0.29) is 5.82 Å². The van der Waals surface area contributed by atoms with Crippen LogP contribution < -0.4 is 0 Å². The van der Waals surface area contributed by atoms with Gasteiger partial charge in [-0.15, -0.1) is 10.2 Å². The van der Waals surface area contributed by atoms with Crippen molar-refractivity contribution >= 4 is 22.8 Å². The largest absolute Gasteiger partial charge is 0.308 e. The molecule has 1 N–H and O–H groups in total. The topological polar surface area (TPSA) is 101 Å². The molecule has 1 aromatic carbocycles. The highest BCUT2D eigenvalue weighted by Gasteiger charge is 2.22. The van der Waals surface area contributed by atoms with Crippen LogP contribution in [0.1, 0.15) is 30.3 Å². The predicted molar refractivity (Wildman–Crippen MR) is 127 cm³/mol. The molecule has 0 amide bonds. The molecule has 9 nitrogen and oxygen atoms in total. The van der Waals surface area contributed by atoms with Gasteiger partial charge < -0.3 is 10.3 Å². The predicted octanol–water partition coefficient (Wildman–Crippen LogP) is 3.49. The van der Waals surface area contributed by atoms with Crippen molar-refractivity contribution < 1.29 is 4.39 Å². The minimum Gasteiger partial charge on any atom is -0.308 e. The maximum Gasteiger partial charge on any atom is 0.193 e. The Hall–Kier alpha value is -3.79. The van der Waals surface area contributed by atoms with E-state index in [9.17, 15) is 0 Å². The van der Waals surface area contributed by atoms with Crippen molar-refractivity contribution in [3.63, 3.8) is 0 Å². The summed E-state index contributed by atoms with van der Waals surface area (Å²) in [6.07, 6.45) is 5.17. The van der Waals surface area contributed by atoms with Gasteiger partial charge in [0.15, 0.2) is 17.8 Å². The van der Waals surface area contributed by atoms with Gasteiger partial charge in [0, 0.05) is 41.7 Å². The van der Waals surface area contributed by atoms with Crippen LogP contribution in [-0.4, -0.2) is 67.1 Å². The lowest BCUT2D eigenvalue weighted by molar-refractivity contribution is 0.373. The molecule has 0 fully saturated rings. The third-order valence-electron chi connectivity index (χ3n) is 5.25. The van der Waals surface area contributed by atoms with Crippen LogP contribution in [0.4, 0.5) is 4.39 Å². The van der Waals surface area contributed by atoms with Crippen LogP contribution in [0.15, 0.2) is 48.0 Å². The molecule has 0 spiro atoms. The van der Waals surface area contributed by atoms with Gasteiger partial charge in [-0.05, 0) is 51.7 Å². The zero-order chi connectivity index (χ0) is 23.5. The second kappa shape index (κ2) is 9.37. The summed E-state index contributed by atoms with van der Waals surface area (Å²) in [6.45, 7) is 5.04. The molecule has 0 saturated heterocycles. The van der Waals surface area contributed by atoms with Crippen LogP contribution in [0.2, 0.25) is 0 Å². The highest BCUT2D eigenvalue weighted by Crippen LogP contribution is 2.29. The van der Waals surface area contributed by atoms with E-state index in [1.165, 1.54) is 4.68 Å². The Morgan fingerprint density at radius 1 is 1.21 bits per heavy atom. The van der Waals surface area contributed by atoms with Gasteiger partial charge in [-0.3, -0.25) is 9.67 Å². The molecular formula is C23H26FN9. The van der Waals surface area contributed by atoms with Crippen LogP contribution in [0, 0.1) is 12.3 Å². The molecule has 33 heavy (non-hydrogen) atoms. The first-order valence-corrected chi connectivity index (χ1v) is 10.5. The summed E-state index contributed by atoms with van der Waals surface area (Å²) in [6, 6.07) is 7.25. The SMILES string of the molecule is C/C(C=N)=N/n1c(C)nnc1C(F)c1ccc2ncc(-c3cnn(CCN(C)C)c3)cc2c1. The van der Waals surface area contributed by atoms with E-state index in [0.29, 0.717) is 17.1 Å². The van der Waals surface area contributed by atoms with Crippen LogP contribution in [0.5, 0.6) is 0 Å². The fraction of sp³-hybridized carbons (Fsp3) is 0.304. The molecule has 3 aromatic heterocycles. The summed E-state index contributed by atoms with van der Waals surface area (Å²) >= 11 is 0. The molecule has 0 radical (unpaired) electrons. The Labute approximate surface area is 191 Å². The number of fused-ring (bicyclic) bond motifs is 1. The number of aryl methyl sites for hydroxylation is 1. The summed E-state index contributed by atoms with van der Waals surface area (Å²) in [4.78, 5) is 6.64. The molecular weight excluding hydrogens is 421 g/mol. The number of aromatic nitrogens is 6. The number of likely N-dealkylation sites (N-methyl/N-ethyl adjacent to an activating group) is 1. The molecule has 0 aliphatic heterocycles. The number of benzene rings is 1. The summed E-state index contributed by atoms with van der Waals surface area (Å²) in [5.41, 5.74) is 3.49. The van der Waals surface area contributed by atoms with E-state index in [4.69, 9.17) is 5.41 Å². The lowest BCUT2D eigenvalue weighted by atomic mass is 10.0. The Morgan fingerprint density at radius 3 is 2.79 bits per heavy atom. The molecule has 1 atom stereocenters. The van der Waals surface area contributed by atoms with E-state index in [1.54, 1.807) is 38.2 Å². The second-order valence-electron chi connectivity index (χ2n) is 8.14. The second-order valence-corrected chi connectivity index (χ2v) is 8.14. The van der Waals surface area contributed by atoms with Crippen LogP contribution >= 0.6 is 0 Å². The third kappa shape index (κ3) is 4.85. The van der Waals surface area contributed by atoms with E-state index in [0.717, 1.165) is 41.3 Å². The quantitative estimate of drug-likeness (QED) is 0.417. The van der Waals surface area contributed by atoms with Crippen molar-refractivity contribution in [1.29, 1.82) is 5.41 Å². The average Bonchev–Trinajstić information content (AvgIpc) is 3.43. The van der Waals surface area contributed by atoms with E-state index in [2.05, 4.69) is 30.3 Å². The molecule has 10 heteroatoms. The van der Waals surface area contributed by atoms with Gasteiger partial charge in [-0.2, -0.15) is 14.9 Å². The van der Waals surface area contributed by atoms with Gasteiger partial charge >= 0.3 is 0 Å². The maximum absolute atomic E-state index is 15.5. The van der Waals surface area contributed by atoms with Crippen LogP contribution in [0.25, 0.3) is 22.0 Å². The van der Waals surface area contributed by atoms with Crippen molar-refractivity contribution in [2.45, 2.75) is 26.6 Å². The number of alkyl halides is 1. The molecule has 0 aliphatic carbocycles. The summed E-state index contributed by atoms with van der Waals surface area (Å²) in [5.74, 6) is 0.518. The monoisotopic (exact) mass is 447 g/mol. The maximum atomic E-state index is 15.5. The number of nitrogens with zero attached hydrogens (tertiary/aromatic N) is 8. The van der Waals surface area contributed by atoms with E-state index < -0.39 is 6.17 Å². The average molecular weight is 448 g/mol. The highest BCUT2D eigenvalue weighted by molar-refractivity contribution is 6.28. The molecule has 1 unspecified atom stereocenters. The van der Waals surface area contributed by atoms with Crippen molar-refractivity contribution in [3.05, 3.63) is 60.1 Å². The molecule has 3 heterocycles. The van der Waals surface area contributed by atoms with Gasteiger partial charge in [0.25, 0.3) is 0 Å². The number of hydrogen-bond donors (Lipinski definition) is 1. The Balaban J connectivity index is 1.66. The Morgan fingerprint density at radius 2 is 2.03 bits per heavy atom. The van der Waals surface area contributed by atoms with Crippen LogP contribution in [-0.2, 0) is 6.54 Å². The lowest BCUT2D eigenvalue weighted by Crippen LogP contribution is -2.18. The number of nitrogens with one attached hydrogen (secondary N) is 1. The molecule has 0 bridgehead atoms. The fourth-order valence-electron chi connectivity index (χ4n) is 3.39. The summed E-state index contributed by atoms with van der Waals surface area (Å²) in [7, 11) is 4.05. The standard InChI is InChI=1S/C23H26FN9/c1-15(11-25)30-33-16(2)28-29-23(33)22(24)17-5-6-21-18(9-17)10-19(12-26-21)20-13-27-32(14-20)8-7-31(3)4/h5-6,9-14,22,25H,7-8H2,1-4H3/b25-11?,30-15-. The molecule has 0 aliphatic rings. The zero-order valence-electron chi connectivity index (χ0n) is 19.1. The minimum absolute atomic E-state index is 0.0688. The van der Waals surface area contributed by atoms with Crippen molar-refractivity contribution in [2.24, 2.45) is 5.10 Å². The third-order valence-corrected chi connectivity index (χ3v) is 5.25. The molecule has 0 saturated carbocycles. The normalized spacial score (nSPS) is 13.1. The molecule has 170 valence electrons. The first-order valence-electron chi connectivity index (χ1n) is 10.5. The van der Waals surface area contributed by atoms with Crippen molar-refractivity contribution in [3.8, 4) is 11.1 Å². The van der Waals surface area contributed by atoms with Crippen molar-refractivity contribution in [1.82, 2.24) is 34.5 Å². The number of halogens is 1. The fourth-order valence-corrected chi connectivity index (χ4v) is 3.39. The van der Waals surface area contributed by atoms with Gasteiger partial charge in [0.2, 0.25) is 0 Å². The molecule has 4 aromatic rings. The lowest BCUT2D eigenvalue weighted by Gasteiger charge is -2.10. The van der Waals surface area contributed by atoms with Gasteiger partial charge in [-0.1, -0.05) is 6.07 Å². The summed E-state index contributed by atoms with van der Waals surface area (Å²) in [5, 5.41) is 24.7. The first-order chi connectivity index (χ1) is 15.9. The number of hydrogen-bond acceptors (Lipinski definition) is 7. The number of pyridine rings is 1. The Kier molecular flexibility index (Phi) is 6.36. The molecule has 4 rings (SSSR count).